The van der Waals surface area contributed by atoms with Crippen LogP contribution in [0.1, 0.15) is 66.4 Å². The third-order valence-corrected chi connectivity index (χ3v) is 6.72. The predicted molar refractivity (Wildman–Crippen MR) is 124 cm³/mol. The lowest BCUT2D eigenvalue weighted by atomic mass is 9.93. The summed E-state index contributed by atoms with van der Waals surface area (Å²) in [5.74, 6) is 0.690. The lowest BCUT2D eigenvalue weighted by Gasteiger charge is -2.31. The Morgan fingerprint density at radius 2 is 1.91 bits per heavy atom. The molecule has 174 valence electrons. The molecule has 4 rings (SSSR count). The molecule has 3 heterocycles. The Bertz CT molecular complexity index is 1130. The number of hydrogen-bond acceptors (Lipinski definition) is 6. The topological polar surface area (TPSA) is 88.3 Å². The van der Waals surface area contributed by atoms with E-state index in [2.05, 4.69) is 15.5 Å². The van der Waals surface area contributed by atoms with E-state index in [0.29, 0.717) is 30.4 Å². The summed E-state index contributed by atoms with van der Waals surface area (Å²) >= 11 is 1.46. The fourth-order valence-electron chi connectivity index (χ4n) is 3.71. The van der Waals surface area contributed by atoms with Gasteiger partial charge in [-0.2, -0.15) is 0 Å². The highest BCUT2D eigenvalue weighted by Crippen LogP contribution is 2.31. The second-order valence-corrected chi connectivity index (χ2v) is 10.2. The fourth-order valence-corrected chi connectivity index (χ4v) is 4.68. The van der Waals surface area contributed by atoms with E-state index in [-0.39, 0.29) is 35.4 Å². The second kappa shape index (κ2) is 9.43. The molecule has 33 heavy (non-hydrogen) atoms. The molecule has 0 aliphatic carbocycles. The maximum atomic E-state index is 13.1. The monoisotopic (exact) mass is 470 g/mol. The average molecular weight is 471 g/mol. The Balaban J connectivity index is 1.30. The molecule has 0 atom stereocenters. The molecule has 3 aromatic rings. The maximum Gasteiger partial charge on any atom is 0.276 e. The molecule has 2 aromatic heterocycles. The van der Waals surface area contributed by atoms with Crippen LogP contribution < -0.4 is 5.32 Å². The van der Waals surface area contributed by atoms with E-state index in [1.807, 2.05) is 25.7 Å². The van der Waals surface area contributed by atoms with E-state index in [4.69, 9.17) is 4.52 Å². The van der Waals surface area contributed by atoms with E-state index in [9.17, 15) is 14.0 Å². The summed E-state index contributed by atoms with van der Waals surface area (Å²) in [7, 11) is 0. The predicted octanol–water partition coefficient (Wildman–Crippen LogP) is 4.77. The van der Waals surface area contributed by atoms with E-state index in [0.717, 1.165) is 23.4 Å². The van der Waals surface area contributed by atoms with Crippen LogP contribution in [0.2, 0.25) is 0 Å². The van der Waals surface area contributed by atoms with Gasteiger partial charge in [0.25, 0.3) is 5.91 Å². The summed E-state index contributed by atoms with van der Waals surface area (Å²) in [6.07, 6.45) is 1.86. The highest BCUT2D eigenvalue weighted by molar-refractivity contribution is 7.10. The molecule has 2 amide bonds. The minimum absolute atomic E-state index is 0.0431. The average Bonchev–Trinajstić information content (AvgIpc) is 3.45. The van der Waals surface area contributed by atoms with Crippen molar-refractivity contribution in [3.63, 3.8) is 0 Å². The van der Waals surface area contributed by atoms with Gasteiger partial charge in [-0.3, -0.25) is 9.59 Å². The molecule has 1 aliphatic rings. The molecule has 0 spiro atoms. The van der Waals surface area contributed by atoms with Crippen molar-refractivity contribution in [3.05, 3.63) is 63.6 Å². The fraction of sp³-hybridized carbons (Fsp3) is 0.417. The van der Waals surface area contributed by atoms with Gasteiger partial charge in [-0.1, -0.05) is 38.1 Å². The summed E-state index contributed by atoms with van der Waals surface area (Å²) in [6.45, 7) is 7.30. The van der Waals surface area contributed by atoms with E-state index >= 15 is 0 Å². The third kappa shape index (κ3) is 5.65. The van der Waals surface area contributed by atoms with Crippen LogP contribution in [0.5, 0.6) is 0 Å². The highest BCUT2D eigenvalue weighted by atomic mass is 32.1. The number of anilines is 1. The molecular weight excluding hydrogens is 443 g/mol. The first kappa shape index (κ1) is 23.1. The van der Waals surface area contributed by atoms with Crippen LogP contribution in [0.15, 0.2) is 40.2 Å². The van der Waals surface area contributed by atoms with E-state index in [1.165, 1.54) is 23.5 Å². The summed E-state index contributed by atoms with van der Waals surface area (Å²) in [6, 6.07) is 7.76. The number of carbonyl (C=O) groups excluding carboxylic acids is 2. The molecule has 0 radical (unpaired) electrons. The van der Waals surface area contributed by atoms with Crippen molar-refractivity contribution < 1.29 is 18.5 Å². The molecule has 1 fully saturated rings. The molecule has 0 unspecified atom stereocenters. The number of piperidine rings is 1. The van der Waals surface area contributed by atoms with Crippen molar-refractivity contribution in [2.45, 2.75) is 51.4 Å². The van der Waals surface area contributed by atoms with Crippen molar-refractivity contribution >= 4 is 29.0 Å². The Kier molecular flexibility index (Phi) is 6.60. The summed E-state index contributed by atoms with van der Waals surface area (Å²) in [5.41, 5.74) is 0.963. The number of nitrogens with zero attached hydrogens (tertiary/aromatic N) is 3. The highest BCUT2D eigenvalue weighted by Gasteiger charge is 2.27. The summed E-state index contributed by atoms with van der Waals surface area (Å²) < 4.78 is 18.4. The van der Waals surface area contributed by atoms with Crippen LogP contribution in [-0.4, -0.2) is 39.9 Å². The first-order valence-electron chi connectivity index (χ1n) is 11.0. The maximum absolute atomic E-state index is 13.1. The van der Waals surface area contributed by atoms with Crippen LogP contribution in [0.25, 0.3) is 0 Å². The zero-order valence-corrected chi connectivity index (χ0v) is 19.7. The van der Waals surface area contributed by atoms with E-state index < -0.39 is 0 Å². The van der Waals surface area contributed by atoms with Gasteiger partial charge in [-0.05, 0) is 30.5 Å². The van der Waals surface area contributed by atoms with Gasteiger partial charge in [0, 0.05) is 35.9 Å². The first-order chi connectivity index (χ1) is 15.7. The number of hydrogen-bond donors (Lipinski definition) is 1. The van der Waals surface area contributed by atoms with Crippen molar-refractivity contribution in [1.29, 1.82) is 0 Å². The zero-order valence-electron chi connectivity index (χ0n) is 18.9. The number of amides is 2. The number of rotatable bonds is 5. The Hall–Kier alpha value is -3.07. The quantitative estimate of drug-likeness (QED) is 0.580. The molecule has 1 aliphatic heterocycles. The molecule has 0 saturated carbocycles. The normalized spacial score (nSPS) is 15.0. The number of thiazole rings is 1. The van der Waals surface area contributed by atoms with Crippen LogP contribution >= 0.6 is 11.3 Å². The summed E-state index contributed by atoms with van der Waals surface area (Å²) in [5, 5.41) is 9.31. The number of benzene rings is 1. The van der Waals surface area contributed by atoms with Crippen LogP contribution in [0, 0.1) is 5.82 Å². The number of halogens is 1. The molecule has 1 aromatic carbocycles. The minimum atomic E-state index is -0.321. The van der Waals surface area contributed by atoms with Gasteiger partial charge >= 0.3 is 0 Å². The van der Waals surface area contributed by atoms with Crippen molar-refractivity contribution in [2.75, 3.05) is 18.4 Å². The lowest BCUT2D eigenvalue weighted by Crippen LogP contribution is -2.38. The molecule has 1 saturated heterocycles. The van der Waals surface area contributed by atoms with E-state index in [1.54, 1.807) is 23.6 Å². The molecule has 7 nitrogen and oxygen atoms in total. The van der Waals surface area contributed by atoms with Crippen LogP contribution in [-0.2, 0) is 16.6 Å². The lowest BCUT2D eigenvalue weighted by molar-refractivity contribution is -0.131. The second-order valence-electron chi connectivity index (χ2n) is 9.31. The zero-order chi connectivity index (χ0) is 23.6. The van der Waals surface area contributed by atoms with Gasteiger partial charge in [0.2, 0.25) is 5.91 Å². The van der Waals surface area contributed by atoms with Gasteiger partial charge in [0.15, 0.2) is 5.82 Å². The van der Waals surface area contributed by atoms with Crippen LogP contribution in [0.4, 0.5) is 10.2 Å². The molecule has 1 N–H and O–H groups in total. The van der Waals surface area contributed by atoms with Crippen molar-refractivity contribution in [3.8, 4) is 0 Å². The standard InChI is InChI=1S/C24H27FN4O3S/c1-24(2,3)19-13-20(28-32-19)27-22(31)18-14-33-23(26-18)16-8-10-29(11-9-16)21(30)12-15-4-6-17(25)7-5-15/h4-7,13-14,16H,8-12H2,1-3H3,(H,27,28,31). The Morgan fingerprint density at radius 3 is 2.55 bits per heavy atom. The SMILES string of the molecule is CC(C)(C)c1cc(NC(=O)c2csc(C3CCN(C(=O)Cc4ccc(F)cc4)CC3)n2)no1. The Morgan fingerprint density at radius 1 is 1.21 bits per heavy atom. The number of nitrogens with one attached hydrogen (secondary N) is 1. The van der Waals surface area contributed by atoms with Crippen LogP contribution in [0.3, 0.4) is 0 Å². The first-order valence-corrected chi connectivity index (χ1v) is 11.8. The third-order valence-electron chi connectivity index (χ3n) is 5.71. The van der Waals surface area contributed by atoms with Crippen molar-refractivity contribution in [2.24, 2.45) is 0 Å². The molecule has 9 heteroatoms. The van der Waals surface area contributed by atoms with Gasteiger partial charge in [-0.15, -0.1) is 11.3 Å². The number of likely N-dealkylation sites (tertiary alicyclic amines) is 1. The molecular formula is C24H27FN4O3S. The summed E-state index contributed by atoms with van der Waals surface area (Å²) in [4.78, 5) is 31.5. The van der Waals surface area contributed by atoms with Crippen molar-refractivity contribution in [1.82, 2.24) is 15.0 Å². The van der Waals surface area contributed by atoms with Gasteiger partial charge < -0.3 is 14.7 Å². The Labute approximate surface area is 196 Å². The number of aromatic nitrogens is 2. The van der Waals surface area contributed by atoms with Gasteiger partial charge in [0.1, 0.15) is 17.3 Å². The minimum Gasteiger partial charge on any atom is -0.359 e. The smallest absolute Gasteiger partial charge is 0.276 e. The van der Waals surface area contributed by atoms with Gasteiger partial charge in [-0.25, -0.2) is 9.37 Å². The molecule has 0 bridgehead atoms. The largest absolute Gasteiger partial charge is 0.359 e. The number of carbonyl (C=O) groups is 2. The van der Waals surface area contributed by atoms with Gasteiger partial charge in [0.05, 0.1) is 11.4 Å².